The zero-order chi connectivity index (χ0) is 20.5. The maximum absolute atomic E-state index is 12.7. The van der Waals surface area contributed by atoms with Gasteiger partial charge in [0, 0.05) is 36.8 Å². The second-order valence-electron chi connectivity index (χ2n) is 6.23. The third-order valence-electron chi connectivity index (χ3n) is 4.42. The molecule has 5 nitrogen and oxygen atoms in total. The van der Waals surface area contributed by atoms with Crippen molar-refractivity contribution >= 4 is 27.5 Å². The Morgan fingerprint density at radius 2 is 1.57 bits per heavy atom. The summed E-state index contributed by atoms with van der Waals surface area (Å²) in [6.07, 6.45) is -4.53. The van der Waals surface area contributed by atoms with Crippen molar-refractivity contribution in [2.75, 3.05) is 26.2 Å². The fourth-order valence-corrected chi connectivity index (χ4v) is 4.51. The molecule has 150 valence electrons. The molecular weight excluding hydrogens is 417 g/mol. The molecule has 1 amide bonds. The van der Waals surface area contributed by atoms with Gasteiger partial charge >= 0.3 is 6.18 Å². The van der Waals surface area contributed by atoms with Gasteiger partial charge in [0.15, 0.2) is 0 Å². The number of halogens is 4. The van der Waals surface area contributed by atoms with Crippen molar-refractivity contribution < 1.29 is 26.4 Å². The number of alkyl halides is 3. The molecule has 0 saturated carbocycles. The quantitative estimate of drug-likeness (QED) is 0.745. The van der Waals surface area contributed by atoms with Gasteiger partial charge in [0.2, 0.25) is 10.0 Å². The number of hydrogen-bond donors (Lipinski definition) is 0. The number of carbonyl (C=O) groups is 1. The lowest BCUT2D eigenvalue weighted by Gasteiger charge is -2.34. The average molecular weight is 433 g/mol. The minimum absolute atomic E-state index is 0.0513. The van der Waals surface area contributed by atoms with Crippen molar-refractivity contribution in [3.05, 3.63) is 64.7 Å². The van der Waals surface area contributed by atoms with Crippen LogP contribution in [0.4, 0.5) is 13.2 Å². The van der Waals surface area contributed by atoms with Crippen LogP contribution < -0.4 is 0 Å². The van der Waals surface area contributed by atoms with Crippen LogP contribution in [0.5, 0.6) is 0 Å². The third-order valence-corrected chi connectivity index (χ3v) is 6.56. The van der Waals surface area contributed by atoms with Crippen LogP contribution in [0.15, 0.2) is 53.4 Å². The average Bonchev–Trinajstić information content (AvgIpc) is 2.67. The molecule has 0 bridgehead atoms. The van der Waals surface area contributed by atoms with Gasteiger partial charge in [-0.05, 0) is 42.5 Å². The molecule has 1 saturated heterocycles. The van der Waals surface area contributed by atoms with Gasteiger partial charge in [-0.25, -0.2) is 8.42 Å². The standard InChI is InChI=1S/C18H16ClF3N2O3S/c19-15-3-1-2-13(12-15)17(25)23-8-10-24(11-9-23)28(26,27)16-6-4-14(5-7-16)18(20,21)22/h1-7,12H,8-11H2. The van der Waals surface area contributed by atoms with E-state index >= 15 is 0 Å². The van der Waals surface area contributed by atoms with E-state index in [1.54, 1.807) is 18.2 Å². The molecule has 2 aromatic carbocycles. The van der Waals surface area contributed by atoms with Crippen LogP contribution in [0.2, 0.25) is 5.02 Å². The van der Waals surface area contributed by atoms with Gasteiger partial charge in [-0.2, -0.15) is 17.5 Å². The summed E-state index contributed by atoms with van der Waals surface area (Å²) >= 11 is 5.89. The zero-order valence-electron chi connectivity index (χ0n) is 14.5. The molecule has 1 aliphatic heterocycles. The summed E-state index contributed by atoms with van der Waals surface area (Å²) in [4.78, 5) is 13.8. The summed E-state index contributed by atoms with van der Waals surface area (Å²) < 4.78 is 64.4. The Hall–Kier alpha value is -2.10. The smallest absolute Gasteiger partial charge is 0.336 e. The van der Waals surface area contributed by atoms with E-state index in [1.165, 1.54) is 11.0 Å². The second kappa shape index (κ2) is 7.73. The number of amides is 1. The van der Waals surface area contributed by atoms with Crippen LogP contribution in [-0.2, 0) is 16.2 Å². The van der Waals surface area contributed by atoms with E-state index in [0.29, 0.717) is 10.6 Å². The highest BCUT2D eigenvalue weighted by molar-refractivity contribution is 7.89. The topological polar surface area (TPSA) is 57.7 Å². The maximum atomic E-state index is 12.7. The van der Waals surface area contributed by atoms with Crippen molar-refractivity contribution in [1.82, 2.24) is 9.21 Å². The summed E-state index contributed by atoms with van der Waals surface area (Å²) in [5, 5.41) is 0.425. The first kappa shape index (κ1) is 20.6. The highest BCUT2D eigenvalue weighted by Crippen LogP contribution is 2.30. The van der Waals surface area contributed by atoms with Crippen LogP contribution in [0, 0.1) is 0 Å². The molecule has 0 spiro atoms. The fraction of sp³-hybridized carbons (Fsp3) is 0.278. The molecule has 0 aromatic heterocycles. The molecule has 0 unspecified atom stereocenters. The Kier molecular flexibility index (Phi) is 5.69. The Balaban J connectivity index is 1.69. The summed E-state index contributed by atoms with van der Waals surface area (Å²) in [6.45, 7) is 0.446. The van der Waals surface area contributed by atoms with Crippen LogP contribution in [-0.4, -0.2) is 49.7 Å². The molecular formula is C18H16ClF3N2O3S. The van der Waals surface area contributed by atoms with Crippen molar-refractivity contribution in [3.63, 3.8) is 0 Å². The number of benzene rings is 2. The Morgan fingerprint density at radius 3 is 2.11 bits per heavy atom. The van der Waals surface area contributed by atoms with E-state index in [-0.39, 0.29) is 37.0 Å². The molecule has 0 radical (unpaired) electrons. The summed E-state index contributed by atoms with van der Waals surface area (Å²) in [7, 11) is -3.94. The van der Waals surface area contributed by atoms with Gasteiger partial charge in [-0.1, -0.05) is 17.7 Å². The minimum Gasteiger partial charge on any atom is -0.336 e. The lowest BCUT2D eigenvalue weighted by molar-refractivity contribution is -0.137. The highest BCUT2D eigenvalue weighted by atomic mass is 35.5. The number of hydrogen-bond acceptors (Lipinski definition) is 3. The van der Waals surface area contributed by atoms with Crippen LogP contribution in [0.3, 0.4) is 0 Å². The number of rotatable bonds is 3. The van der Waals surface area contributed by atoms with E-state index in [4.69, 9.17) is 11.6 Å². The first-order valence-corrected chi connectivity index (χ1v) is 10.1. The zero-order valence-corrected chi connectivity index (χ0v) is 16.1. The Morgan fingerprint density at radius 1 is 0.964 bits per heavy atom. The number of piperazine rings is 1. The monoisotopic (exact) mass is 432 g/mol. The third kappa shape index (κ3) is 4.31. The first-order chi connectivity index (χ1) is 13.1. The van der Waals surface area contributed by atoms with Crippen LogP contribution >= 0.6 is 11.6 Å². The molecule has 3 rings (SSSR count). The van der Waals surface area contributed by atoms with E-state index in [1.807, 2.05) is 0 Å². The van der Waals surface area contributed by atoms with E-state index < -0.39 is 21.8 Å². The number of sulfonamides is 1. The molecule has 0 atom stereocenters. The predicted octanol–water partition coefficient (Wildman–Crippen LogP) is 3.51. The lowest BCUT2D eigenvalue weighted by atomic mass is 10.2. The van der Waals surface area contributed by atoms with Gasteiger partial charge in [0.05, 0.1) is 10.5 Å². The number of nitrogens with zero attached hydrogens (tertiary/aromatic N) is 2. The van der Waals surface area contributed by atoms with Gasteiger partial charge in [-0.15, -0.1) is 0 Å². The van der Waals surface area contributed by atoms with Crippen molar-refractivity contribution in [2.24, 2.45) is 0 Å². The Bertz CT molecular complexity index is 970. The molecule has 1 aliphatic rings. The van der Waals surface area contributed by atoms with Crippen molar-refractivity contribution in [1.29, 1.82) is 0 Å². The molecule has 1 fully saturated rings. The Labute approximate surface area is 165 Å². The predicted molar refractivity (Wildman–Crippen MR) is 97.6 cm³/mol. The van der Waals surface area contributed by atoms with Crippen molar-refractivity contribution in [3.8, 4) is 0 Å². The molecule has 28 heavy (non-hydrogen) atoms. The fourth-order valence-electron chi connectivity index (χ4n) is 2.90. The van der Waals surface area contributed by atoms with Gasteiger partial charge in [0.25, 0.3) is 5.91 Å². The molecule has 2 aromatic rings. The maximum Gasteiger partial charge on any atom is 0.416 e. The molecule has 0 aliphatic carbocycles. The molecule has 10 heteroatoms. The normalized spacial score (nSPS) is 16.2. The van der Waals surface area contributed by atoms with Crippen LogP contribution in [0.1, 0.15) is 15.9 Å². The summed E-state index contributed by atoms with van der Waals surface area (Å²) in [6, 6.07) is 9.84. The van der Waals surface area contributed by atoms with Gasteiger partial charge < -0.3 is 4.90 Å². The van der Waals surface area contributed by atoms with Gasteiger partial charge in [-0.3, -0.25) is 4.79 Å². The summed E-state index contributed by atoms with van der Waals surface area (Å²) in [5.41, 5.74) is -0.505. The van der Waals surface area contributed by atoms with Crippen molar-refractivity contribution in [2.45, 2.75) is 11.1 Å². The summed E-state index contributed by atoms with van der Waals surface area (Å²) in [5.74, 6) is -0.255. The van der Waals surface area contributed by atoms with Crippen LogP contribution in [0.25, 0.3) is 0 Å². The number of carbonyl (C=O) groups excluding carboxylic acids is 1. The molecule has 1 heterocycles. The lowest BCUT2D eigenvalue weighted by Crippen LogP contribution is -2.50. The minimum atomic E-state index is -4.53. The van der Waals surface area contributed by atoms with Gasteiger partial charge in [0.1, 0.15) is 0 Å². The SMILES string of the molecule is O=C(c1cccc(Cl)c1)N1CCN(S(=O)(=O)c2ccc(C(F)(F)F)cc2)CC1. The van der Waals surface area contributed by atoms with E-state index in [9.17, 15) is 26.4 Å². The second-order valence-corrected chi connectivity index (χ2v) is 8.60. The first-order valence-electron chi connectivity index (χ1n) is 8.31. The van der Waals surface area contributed by atoms with E-state index in [2.05, 4.69) is 0 Å². The molecule has 0 N–H and O–H groups in total. The largest absolute Gasteiger partial charge is 0.416 e. The highest BCUT2D eigenvalue weighted by Gasteiger charge is 2.33. The van der Waals surface area contributed by atoms with E-state index in [0.717, 1.165) is 28.6 Å².